The minimum atomic E-state index is -0.543. The summed E-state index contributed by atoms with van der Waals surface area (Å²) in [5, 5.41) is 19.8. The highest BCUT2D eigenvalue weighted by molar-refractivity contribution is 7.99. The fraction of sp³-hybridized carbons (Fsp3) is 0.304. The fourth-order valence-electron chi connectivity index (χ4n) is 3.62. The van der Waals surface area contributed by atoms with Crippen LogP contribution in [-0.4, -0.2) is 57.1 Å². The third kappa shape index (κ3) is 4.86. The molecule has 0 saturated carbocycles. The van der Waals surface area contributed by atoms with E-state index in [0.29, 0.717) is 29.2 Å². The maximum Gasteiger partial charge on any atom is 0.337 e. The number of nitrogens with zero attached hydrogens (tertiary/aromatic N) is 2. The van der Waals surface area contributed by atoms with Crippen molar-refractivity contribution >= 4 is 34.4 Å². The summed E-state index contributed by atoms with van der Waals surface area (Å²) in [5.74, 6) is -1.61. The lowest BCUT2D eigenvalue weighted by atomic mass is 10.1. The number of rotatable bonds is 7. The van der Waals surface area contributed by atoms with Crippen LogP contribution in [0, 0.1) is 0 Å². The predicted octanol–water partition coefficient (Wildman–Crippen LogP) is 2.75. The number of fused-ring (bicyclic) bond motifs is 1. The number of Topliss-reactive ketones (excluding diaryl/α,β-unsaturated/α-hetero) is 1. The van der Waals surface area contributed by atoms with Gasteiger partial charge >= 0.3 is 5.97 Å². The molecule has 1 aliphatic rings. The van der Waals surface area contributed by atoms with Crippen LogP contribution < -0.4 is 5.56 Å². The second-order valence-electron chi connectivity index (χ2n) is 7.58. The van der Waals surface area contributed by atoms with Gasteiger partial charge in [-0.3, -0.25) is 14.2 Å². The monoisotopic (exact) mass is 470 g/mol. The van der Waals surface area contributed by atoms with Crippen molar-refractivity contribution in [2.75, 3.05) is 19.5 Å². The van der Waals surface area contributed by atoms with Gasteiger partial charge in [0.05, 0.1) is 42.0 Å². The molecule has 2 heterocycles. The van der Waals surface area contributed by atoms with Gasteiger partial charge in [0.25, 0.3) is 5.56 Å². The topological polar surface area (TPSA) is 128 Å². The van der Waals surface area contributed by atoms with Gasteiger partial charge in [-0.15, -0.1) is 0 Å². The Morgan fingerprint density at radius 2 is 1.97 bits per heavy atom. The lowest BCUT2D eigenvalue weighted by Crippen LogP contribution is -2.29. The maximum atomic E-state index is 13.3. The van der Waals surface area contributed by atoms with E-state index >= 15 is 0 Å². The number of methoxy groups -OCH3 is 1. The molecule has 0 amide bonds. The van der Waals surface area contributed by atoms with E-state index < -0.39 is 5.97 Å². The first kappa shape index (κ1) is 22.8. The van der Waals surface area contributed by atoms with Gasteiger partial charge in [0.2, 0.25) is 0 Å². The summed E-state index contributed by atoms with van der Waals surface area (Å²) in [5.41, 5.74) is 0.521. The van der Waals surface area contributed by atoms with Gasteiger partial charge in [0, 0.05) is 12.2 Å². The van der Waals surface area contributed by atoms with Crippen LogP contribution in [0.3, 0.4) is 0 Å². The van der Waals surface area contributed by atoms with Crippen LogP contribution >= 0.6 is 11.8 Å². The standard InChI is InChI=1S/C23H22N2O7S/c1-31-22(30)14-4-6-16-17(9-14)24-23(25(21(16)29)11-15-3-2-8-32-15)33-12-20(28)13-5-7-18(26)19(27)10-13/h4-7,9-10,15,26-27H,2-3,8,11-12H2,1H3. The van der Waals surface area contributed by atoms with E-state index in [1.807, 2.05) is 0 Å². The molecule has 1 fully saturated rings. The molecule has 1 saturated heterocycles. The van der Waals surface area contributed by atoms with Gasteiger partial charge in [0.15, 0.2) is 22.4 Å². The fourth-order valence-corrected chi connectivity index (χ4v) is 4.52. The molecule has 2 N–H and O–H groups in total. The van der Waals surface area contributed by atoms with Crippen LogP contribution in [0.1, 0.15) is 33.6 Å². The van der Waals surface area contributed by atoms with E-state index in [9.17, 15) is 24.6 Å². The molecule has 33 heavy (non-hydrogen) atoms. The van der Waals surface area contributed by atoms with E-state index in [-0.39, 0.29) is 45.8 Å². The van der Waals surface area contributed by atoms with Crippen LogP contribution in [0.2, 0.25) is 0 Å². The van der Waals surface area contributed by atoms with Crippen molar-refractivity contribution in [2.45, 2.75) is 30.6 Å². The molecule has 1 aromatic heterocycles. The highest BCUT2D eigenvalue weighted by Gasteiger charge is 2.21. The molecular weight excluding hydrogens is 448 g/mol. The second-order valence-corrected chi connectivity index (χ2v) is 8.53. The summed E-state index contributed by atoms with van der Waals surface area (Å²) in [6.07, 6.45) is 1.61. The van der Waals surface area contributed by atoms with Crippen LogP contribution in [0.15, 0.2) is 46.3 Å². The number of phenolic OH excluding ortho intramolecular Hbond substituents is 2. The van der Waals surface area contributed by atoms with Crippen LogP contribution in [0.25, 0.3) is 10.9 Å². The summed E-state index contributed by atoms with van der Waals surface area (Å²) >= 11 is 1.08. The van der Waals surface area contributed by atoms with Crippen molar-refractivity contribution in [3.8, 4) is 11.5 Å². The summed E-state index contributed by atoms with van der Waals surface area (Å²) in [4.78, 5) is 42.4. The molecule has 0 aliphatic carbocycles. The molecule has 1 atom stereocenters. The largest absolute Gasteiger partial charge is 0.504 e. The third-order valence-corrected chi connectivity index (χ3v) is 6.36. The van der Waals surface area contributed by atoms with Crippen molar-refractivity contribution in [3.05, 3.63) is 57.9 Å². The molecule has 3 aromatic rings. The van der Waals surface area contributed by atoms with Gasteiger partial charge in [-0.2, -0.15) is 0 Å². The zero-order valence-corrected chi connectivity index (χ0v) is 18.6. The van der Waals surface area contributed by atoms with Gasteiger partial charge in [-0.25, -0.2) is 9.78 Å². The van der Waals surface area contributed by atoms with E-state index in [4.69, 9.17) is 9.47 Å². The highest BCUT2D eigenvalue weighted by atomic mass is 32.2. The van der Waals surface area contributed by atoms with Crippen molar-refractivity contribution in [1.29, 1.82) is 0 Å². The van der Waals surface area contributed by atoms with Crippen molar-refractivity contribution in [3.63, 3.8) is 0 Å². The molecule has 0 radical (unpaired) electrons. The Bertz CT molecular complexity index is 1280. The number of esters is 1. The smallest absolute Gasteiger partial charge is 0.337 e. The first-order chi connectivity index (χ1) is 15.9. The Morgan fingerprint density at radius 3 is 2.67 bits per heavy atom. The van der Waals surface area contributed by atoms with Crippen molar-refractivity contribution in [1.82, 2.24) is 9.55 Å². The molecule has 0 bridgehead atoms. The minimum Gasteiger partial charge on any atom is -0.504 e. The van der Waals surface area contributed by atoms with Crippen molar-refractivity contribution in [2.24, 2.45) is 0 Å². The first-order valence-corrected chi connectivity index (χ1v) is 11.3. The number of phenols is 2. The first-order valence-electron chi connectivity index (χ1n) is 10.3. The quantitative estimate of drug-likeness (QED) is 0.176. The lowest BCUT2D eigenvalue weighted by Gasteiger charge is -2.16. The normalized spacial score (nSPS) is 15.6. The maximum absolute atomic E-state index is 13.3. The van der Waals surface area contributed by atoms with Gasteiger partial charge in [-0.1, -0.05) is 11.8 Å². The Hall–Kier alpha value is -3.37. The summed E-state index contributed by atoms with van der Waals surface area (Å²) in [6.45, 7) is 0.936. The van der Waals surface area contributed by atoms with Gasteiger partial charge in [-0.05, 0) is 49.2 Å². The van der Waals surface area contributed by atoms with Crippen LogP contribution in [0.5, 0.6) is 11.5 Å². The van der Waals surface area contributed by atoms with Gasteiger partial charge in [0.1, 0.15) is 0 Å². The molecule has 10 heteroatoms. The number of aromatic nitrogens is 2. The second kappa shape index (κ2) is 9.63. The summed E-state index contributed by atoms with van der Waals surface area (Å²) in [7, 11) is 1.27. The Labute approximate surface area is 193 Å². The zero-order valence-electron chi connectivity index (χ0n) is 17.8. The van der Waals surface area contributed by atoms with E-state index in [0.717, 1.165) is 24.6 Å². The Kier molecular flexibility index (Phi) is 6.66. The van der Waals surface area contributed by atoms with Crippen LogP contribution in [-0.2, 0) is 16.0 Å². The molecule has 4 rings (SSSR count). The Balaban J connectivity index is 1.69. The number of hydrogen-bond acceptors (Lipinski definition) is 9. The van der Waals surface area contributed by atoms with Crippen molar-refractivity contribution < 1.29 is 29.3 Å². The zero-order chi connectivity index (χ0) is 23.5. The molecule has 172 valence electrons. The number of carbonyl (C=O) groups excluding carboxylic acids is 2. The van der Waals surface area contributed by atoms with Crippen LogP contribution in [0.4, 0.5) is 0 Å². The average molecular weight is 471 g/mol. The molecule has 2 aromatic carbocycles. The lowest BCUT2D eigenvalue weighted by molar-refractivity contribution is 0.0600. The predicted molar refractivity (Wildman–Crippen MR) is 121 cm³/mol. The molecule has 0 spiro atoms. The molecular formula is C23H22N2O7S. The molecule has 1 aliphatic heterocycles. The van der Waals surface area contributed by atoms with Gasteiger partial charge < -0.3 is 19.7 Å². The molecule has 1 unspecified atom stereocenters. The summed E-state index contributed by atoms with van der Waals surface area (Å²) in [6, 6.07) is 8.39. The highest BCUT2D eigenvalue weighted by Crippen LogP contribution is 2.27. The number of carbonyl (C=O) groups is 2. The average Bonchev–Trinajstić information content (AvgIpc) is 3.33. The number of hydrogen-bond donors (Lipinski definition) is 2. The minimum absolute atomic E-state index is 0.0512. The van der Waals surface area contributed by atoms with E-state index in [1.54, 1.807) is 6.07 Å². The number of aromatic hydroxyl groups is 2. The number of ketones is 1. The SMILES string of the molecule is COC(=O)c1ccc2c(=O)n(CC3CCCO3)c(SCC(=O)c3ccc(O)c(O)c3)nc2c1. The number of ether oxygens (including phenoxy) is 2. The Morgan fingerprint density at radius 1 is 1.18 bits per heavy atom. The van der Waals surface area contributed by atoms with E-state index in [1.165, 1.54) is 42.0 Å². The third-order valence-electron chi connectivity index (χ3n) is 5.38. The number of thioether (sulfide) groups is 1. The molecule has 9 nitrogen and oxygen atoms in total. The summed E-state index contributed by atoms with van der Waals surface area (Å²) < 4.78 is 11.9. The van der Waals surface area contributed by atoms with E-state index in [2.05, 4.69) is 4.98 Å². The number of benzene rings is 2.